The van der Waals surface area contributed by atoms with Gasteiger partial charge in [0.25, 0.3) is 0 Å². The molecule has 7 atom stereocenters. The van der Waals surface area contributed by atoms with Crippen LogP contribution in [0.2, 0.25) is 0 Å². The van der Waals surface area contributed by atoms with E-state index >= 15 is 0 Å². The summed E-state index contributed by atoms with van der Waals surface area (Å²) < 4.78 is 12.7. The molecule has 4 fully saturated rings. The Morgan fingerprint density at radius 1 is 1.00 bits per heavy atom. The molecule has 3 saturated heterocycles. The van der Waals surface area contributed by atoms with Crippen molar-refractivity contribution in [2.75, 3.05) is 6.61 Å². The molecule has 0 aromatic rings. The van der Waals surface area contributed by atoms with E-state index in [9.17, 15) is 0 Å². The monoisotopic (exact) mass is 250 g/mol. The van der Waals surface area contributed by atoms with Gasteiger partial charge in [0.15, 0.2) is 0 Å². The largest absolute Gasteiger partial charge is 0.377 e. The second kappa shape index (κ2) is 3.73. The molecule has 1 aliphatic carbocycles. The van der Waals surface area contributed by atoms with Crippen molar-refractivity contribution in [2.45, 2.75) is 64.8 Å². The SMILES string of the molecule is CC1C(C)C2OC1C1C(C3CCCC3)OCC21C. The molecule has 3 aliphatic heterocycles. The zero-order chi connectivity index (χ0) is 12.5. The van der Waals surface area contributed by atoms with Crippen LogP contribution in [0.25, 0.3) is 0 Å². The topological polar surface area (TPSA) is 18.5 Å². The van der Waals surface area contributed by atoms with E-state index in [1.54, 1.807) is 0 Å². The minimum atomic E-state index is 0.309. The Kier molecular flexibility index (Phi) is 2.43. The summed E-state index contributed by atoms with van der Waals surface area (Å²) in [6, 6.07) is 0. The van der Waals surface area contributed by atoms with Gasteiger partial charge < -0.3 is 9.47 Å². The summed E-state index contributed by atoms with van der Waals surface area (Å²) in [5.74, 6) is 2.93. The fraction of sp³-hybridized carbons (Fsp3) is 1.00. The average Bonchev–Trinajstić information content (AvgIpc) is 3.04. The van der Waals surface area contributed by atoms with E-state index in [0.717, 1.165) is 18.4 Å². The molecule has 0 N–H and O–H groups in total. The second-order valence-electron chi connectivity index (χ2n) is 7.59. The highest BCUT2D eigenvalue weighted by Crippen LogP contribution is 2.62. The Morgan fingerprint density at radius 2 is 1.72 bits per heavy atom. The molecule has 0 radical (unpaired) electrons. The summed E-state index contributed by atoms with van der Waals surface area (Å²) in [7, 11) is 0. The summed E-state index contributed by atoms with van der Waals surface area (Å²) in [5, 5.41) is 0. The van der Waals surface area contributed by atoms with Crippen molar-refractivity contribution in [2.24, 2.45) is 29.1 Å². The molecule has 4 rings (SSSR count). The zero-order valence-electron chi connectivity index (χ0n) is 11.9. The zero-order valence-corrected chi connectivity index (χ0v) is 11.9. The summed E-state index contributed by atoms with van der Waals surface area (Å²) in [6.07, 6.45) is 7.03. The lowest BCUT2D eigenvalue weighted by atomic mass is 9.60. The maximum atomic E-state index is 6.38. The lowest BCUT2D eigenvalue weighted by Crippen LogP contribution is -2.47. The Hall–Kier alpha value is -0.0800. The highest BCUT2D eigenvalue weighted by molar-refractivity contribution is 5.14. The molecule has 18 heavy (non-hydrogen) atoms. The van der Waals surface area contributed by atoms with Gasteiger partial charge in [-0.05, 0) is 30.6 Å². The molecule has 0 amide bonds. The second-order valence-corrected chi connectivity index (χ2v) is 7.59. The molecule has 1 saturated carbocycles. The van der Waals surface area contributed by atoms with Crippen LogP contribution in [0.3, 0.4) is 0 Å². The first-order valence-corrected chi connectivity index (χ1v) is 7.90. The van der Waals surface area contributed by atoms with Crippen molar-refractivity contribution in [1.82, 2.24) is 0 Å². The van der Waals surface area contributed by atoms with E-state index in [4.69, 9.17) is 9.47 Å². The number of hydrogen-bond donors (Lipinski definition) is 0. The van der Waals surface area contributed by atoms with Crippen molar-refractivity contribution in [3.63, 3.8) is 0 Å². The molecule has 3 heterocycles. The molecule has 7 unspecified atom stereocenters. The summed E-state index contributed by atoms with van der Waals surface area (Å²) in [5.41, 5.74) is 0.309. The lowest BCUT2D eigenvalue weighted by molar-refractivity contribution is -0.0239. The van der Waals surface area contributed by atoms with Gasteiger partial charge in [0.1, 0.15) is 0 Å². The minimum Gasteiger partial charge on any atom is -0.377 e. The molecule has 0 aromatic heterocycles. The van der Waals surface area contributed by atoms with Crippen LogP contribution in [0.4, 0.5) is 0 Å². The third kappa shape index (κ3) is 1.27. The molecular weight excluding hydrogens is 224 g/mol. The molecular formula is C16H26O2. The van der Waals surface area contributed by atoms with Crippen LogP contribution in [0, 0.1) is 29.1 Å². The van der Waals surface area contributed by atoms with E-state index in [0.29, 0.717) is 35.6 Å². The van der Waals surface area contributed by atoms with Crippen LogP contribution in [0.1, 0.15) is 46.5 Å². The fourth-order valence-corrected chi connectivity index (χ4v) is 5.56. The predicted octanol–water partition coefficient (Wildman–Crippen LogP) is 3.25. The molecule has 2 bridgehead atoms. The maximum absolute atomic E-state index is 6.38. The highest BCUT2D eigenvalue weighted by Gasteiger charge is 2.68. The summed E-state index contributed by atoms with van der Waals surface area (Å²) >= 11 is 0. The highest BCUT2D eigenvalue weighted by atomic mass is 16.5. The first-order valence-electron chi connectivity index (χ1n) is 7.90. The summed E-state index contributed by atoms with van der Waals surface area (Å²) in [4.78, 5) is 0. The number of hydrogen-bond acceptors (Lipinski definition) is 2. The average molecular weight is 250 g/mol. The maximum Gasteiger partial charge on any atom is 0.0688 e. The smallest absolute Gasteiger partial charge is 0.0688 e. The molecule has 4 aliphatic rings. The quantitative estimate of drug-likeness (QED) is 0.711. The van der Waals surface area contributed by atoms with Gasteiger partial charge >= 0.3 is 0 Å². The Bertz CT molecular complexity index is 349. The van der Waals surface area contributed by atoms with Gasteiger partial charge in [0, 0.05) is 11.3 Å². The van der Waals surface area contributed by atoms with Crippen molar-refractivity contribution < 1.29 is 9.47 Å². The van der Waals surface area contributed by atoms with Crippen LogP contribution in [0.15, 0.2) is 0 Å². The van der Waals surface area contributed by atoms with Crippen molar-refractivity contribution in [1.29, 1.82) is 0 Å². The van der Waals surface area contributed by atoms with E-state index in [1.807, 2.05) is 0 Å². The molecule has 102 valence electrons. The Morgan fingerprint density at radius 3 is 2.44 bits per heavy atom. The van der Waals surface area contributed by atoms with Gasteiger partial charge in [0.05, 0.1) is 24.9 Å². The van der Waals surface area contributed by atoms with Crippen molar-refractivity contribution in [3.8, 4) is 0 Å². The molecule has 0 spiro atoms. The number of fused-ring (bicyclic) bond motifs is 5. The van der Waals surface area contributed by atoms with E-state index in [2.05, 4.69) is 20.8 Å². The van der Waals surface area contributed by atoms with E-state index < -0.39 is 0 Å². The lowest BCUT2D eigenvalue weighted by Gasteiger charge is -2.40. The fourth-order valence-electron chi connectivity index (χ4n) is 5.56. The standard InChI is InChI=1S/C16H26O2/c1-9-10(2)15-16(3)8-17-14(11-6-4-5-7-11)12(16)13(9)18-15/h9-15H,4-8H2,1-3H3. The van der Waals surface area contributed by atoms with Crippen LogP contribution >= 0.6 is 0 Å². The van der Waals surface area contributed by atoms with Gasteiger partial charge in [-0.3, -0.25) is 0 Å². The van der Waals surface area contributed by atoms with E-state index in [1.165, 1.54) is 25.7 Å². The van der Waals surface area contributed by atoms with Gasteiger partial charge in [-0.15, -0.1) is 0 Å². The van der Waals surface area contributed by atoms with Gasteiger partial charge in [-0.2, -0.15) is 0 Å². The third-order valence-electron chi connectivity index (χ3n) is 6.70. The van der Waals surface area contributed by atoms with Crippen molar-refractivity contribution in [3.05, 3.63) is 0 Å². The van der Waals surface area contributed by atoms with Crippen LogP contribution in [-0.4, -0.2) is 24.9 Å². The molecule has 2 nitrogen and oxygen atoms in total. The Balaban J connectivity index is 1.65. The van der Waals surface area contributed by atoms with Crippen LogP contribution in [0.5, 0.6) is 0 Å². The number of ether oxygens (including phenoxy) is 2. The van der Waals surface area contributed by atoms with E-state index in [-0.39, 0.29) is 0 Å². The van der Waals surface area contributed by atoms with Crippen LogP contribution in [-0.2, 0) is 9.47 Å². The van der Waals surface area contributed by atoms with Gasteiger partial charge in [-0.25, -0.2) is 0 Å². The van der Waals surface area contributed by atoms with Gasteiger partial charge in [0.2, 0.25) is 0 Å². The normalized spacial score (nSPS) is 59.5. The molecule has 2 heteroatoms. The first-order chi connectivity index (χ1) is 8.63. The van der Waals surface area contributed by atoms with Gasteiger partial charge in [-0.1, -0.05) is 33.6 Å². The summed E-state index contributed by atoms with van der Waals surface area (Å²) in [6.45, 7) is 8.13. The third-order valence-corrected chi connectivity index (χ3v) is 6.70. The van der Waals surface area contributed by atoms with Crippen LogP contribution < -0.4 is 0 Å². The minimum absolute atomic E-state index is 0.309. The van der Waals surface area contributed by atoms with Crippen molar-refractivity contribution >= 4 is 0 Å². The first kappa shape index (κ1) is 11.7. The predicted molar refractivity (Wildman–Crippen MR) is 70.3 cm³/mol. The Labute approximate surface area is 110 Å². The molecule has 0 aromatic carbocycles. The number of rotatable bonds is 1.